The molecular weight excluding hydrogens is 277 g/mol. The third kappa shape index (κ3) is 4.44. The van der Waals surface area contributed by atoms with Crippen molar-refractivity contribution in [2.75, 3.05) is 19.8 Å². The Kier molecular flexibility index (Phi) is 6.27. The van der Waals surface area contributed by atoms with Crippen LogP contribution in [0.5, 0.6) is 0 Å². The molecule has 1 saturated heterocycles. The van der Waals surface area contributed by atoms with Crippen LogP contribution in [0.15, 0.2) is 18.2 Å². The molecule has 2 unspecified atom stereocenters. The van der Waals surface area contributed by atoms with E-state index in [0.29, 0.717) is 12.0 Å². The molecule has 1 aromatic carbocycles. The molecule has 2 rings (SSSR count). The molecule has 1 N–H and O–H groups in total. The highest BCUT2D eigenvalue weighted by molar-refractivity contribution is 6.30. The predicted octanol–water partition coefficient (Wildman–Crippen LogP) is 3.82. The minimum atomic E-state index is -0.352. The van der Waals surface area contributed by atoms with Gasteiger partial charge in [0.15, 0.2) is 0 Å². The van der Waals surface area contributed by atoms with Gasteiger partial charge in [0.25, 0.3) is 0 Å². The normalized spacial score (nSPS) is 20.9. The second-order valence-electron chi connectivity index (χ2n) is 5.49. The van der Waals surface area contributed by atoms with E-state index in [4.69, 9.17) is 16.3 Å². The van der Waals surface area contributed by atoms with Crippen LogP contribution < -0.4 is 5.32 Å². The number of benzene rings is 1. The summed E-state index contributed by atoms with van der Waals surface area (Å²) >= 11 is 5.87. The Bertz CT molecular complexity index is 421. The summed E-state index contributed by atoms with van der Waals surface area (Å²) in [5, 5.41) is 3.81. The molecule has 0 bridgehead atoms. The molecule has 0 aromatic heterocycles. The fourth-order valence-electron chi connectivity index (χ4n) is 2.74. The van der Waals surface area contributed by atoms with E-state index in [0.717, 1.165) is 44.6 Å². The summed E-state index contributed by atoms with van der Waals surface area (Å²) in [7, 11) is 0. The fraction of sp³-hybridized carbons (Fsp3) is 0.625. The van der Waals surface area contributed by atoms with E-state index in [1.54, 1.807) is 6.07 Å². The van der Waals surface area contributed by atoms with Crippen LogP contribution in [0.3, 0.4) is 0 Å². The molecule has 1 fully saturated rings. The van der Waals surface area contributed by atoms with Crippen molar-refractivity contribution in [1.29, 1.82) is 0 Å². The van der Waals surface area contributed by atoms with Gasteiger partial charge in [-0.15, -0.1) is 0 Å². The smallest absolute Gasteiger partial charge is 0.141 e. The van der Waals surface area contributed by atoms with E-state index in [9.17, 15) is 4.39 Å². The molecule has 20 heavy (non-hydrogen) atoms. The predicted molar refractivity (Wildman–Crippen MR) is 80.7 cm³/mol. The summed E-state index contributed by atoms with van der Waals surface area (Å²) in [6.45, 7) is 4.85. The van der Waals surface area contributed by atoms with Crippen molar-refractivity contribution >= 4 is 11.6 Å². The molecule has 1 aromatic rings. The second kappa shape index (κ2) is 7.96. The topological polar surface area (TPSA) is 21.3 Å². The van der Waals surface area contributed by atoms with Gasteiger partial charge >= 0.3 is 0 Å². The largest absolute Gasteiger partial charge is 0.381 e. The van der Waals surface area contributed by atoms with Crippen LogP contribution in [0.25, 0.3) is 0 Å². The summed E-state index contributed by atoms with van der Waals surface area (Å²) in [5.74, 6) is 0.175. The molecule has 0 saturated carbocycles. The van der Waals surface area contributed by atoms with Crippen molar-refractivity contribution in [3.05, 3.63) is 34.6 Å². The Morgan fingerprint density at radius 2 is 2.35 bits per heavy atom. The van der Waals surface area contributed by atoms with E-state index in [-0.39, 0.29) is 10.8 Å². The summed E-state index contributed by atoms with van der Waals surface area (Å²) < 4.78 is 18.8. The fourth-order valence-corrected chi connectivity index (χ4v) is 2.94. The Morgan fingerprint density at radius 3 is 3.00 bits per heavy atom. The third-order valence-electron chi connectivity index (χ3n) is 3.86. The zero-order valence-corrected chi connectivity index (χ0v) is 12.8. The van der Waals surface area contributed by atoms with Crippen molar-refractivity contribution in [2.24, 2.45) is 5.92 Å². The molecule has 0 radical (unpaired) electrons. The van der Waals surface area contributed by atoms with E-state index in [2.05, 4.69) is 12.2 Å². The Balaban J connectivity index is 2.03. The molecule has 0 aliphatic carbocycles. The third-order valence-corrected chi connectivity index (χ3v) is 4.15. The van der Waals surface area contributed by atoms with Gasteiger partial charge < -0.3 is 10.1 Å². The number of ether oxygens (including phenoxy) is 1. The lowest BCUT2D eigenvalue weighted by Crippen LogP contribution is -2.42. The average molecular weight is 300 g/mol. The van der Waals surface area contributed by atoms with Gasteiger partial charge in [-0.3, -0.25) is 0 Å². The maximum Gasteiger partial charge on any atom is 0.141 e. The van der Waals surface area contributed by atoms with Gasteiger partial charge in [0.05, 0.1) is 11.6 Å². The number of hydrogen-bond acceptors (Lipinski definition) is 2. The van der Waals surface area contributed by atoms with E-state index in [1.165, 1.54) is 12.5 Å². The van der Waals surface area contributed by atoms with Gasteiger partial charge in [0.1, 0.15) is 5.82 Å². The first kappa shape index (κ1) is 15.7. The molecule has 0 spiro atoms. The van der Waals surface area contributed by atoms with Gasteiger partial charge in [0, 0.05) is 12.6 Å². The highest BCUT2D eigenvalue weighted by Crippen LogP contribution is 2.23. The van der Waals surface area contributed by atoms with Gasteiger partial charge in [-0.2, -0.15) is 0 Å². The van der Waals surface area contributed by atoms with Crippen LogP contribution in [0.2, 0.25) is 5.02 Å². The second-order valence-corrected chi connectivity index (χ2v) is 5.90. The highest BCUT2D eigenvalue weighted by Gasteiger charge is 2.24. The molecule has 4 heteroatoms. The SMILES string of the molecule is CCCNC(Cc1ccc(F)c(Cl)c1)C1CCCOC1. The van der Waals surface area contributed by atoms with Crippen molar-refractivity contribution in [3.8, 4) is 0 Å². The lowest BCUT2D eigenvalue weighted by atomic mass is 9.89. The number of rotatable bonds is 6. The standard InChI is InChI=1S/C16H23ClFNO/c1-2-7-19-16(13-4-3-8-20-11-13)10-12-5-6-15(18)14(17)9-12/h5-6,9,13,16,19H,2-4,7-8,10-11H2,1H3. The molecule has 112 valence electrons. The molecule has 1 heterocycles. The molecular formula is C16H23ClFNO. The summed E-state index contributed by atoms with van der Waals surface area (Å²) in [6.07, 6.45) is 4.29. The number of nitrogens with one attached hydrogen (secondary N) is 1. The van der Waals surface area contributed by atoms with Crippen molar-refractivity contribution in [1.82, 2.24) is 5.32 Å². The average Bonchev–Trinajstić information content (AvgIpc) is 2.48. The van der Waals surface area contributed by atoms with Crippen LogP contribution in [0.1, 0.15) is 31.7 Å². The maximum atomic E-state index is 13.2. The van der Waals surface area contributed by atoms with Gasteiger partial charge in [-0.05, 0) is 55.8 Å². The van der Waals surface area contributed by atoms with Crippen molar-refractivity contribution in [2.45, 2.75) is 38.6 Å². The molecule has 1 aliphatic heterocycles. The maximum absolute atomic E-state index is 13.2. The van der Waals surface area contributed by atoms with Gasteiger partial charge in [-0.25, -0.2) is 4.39 Å². The number of hydrogen-bond donors (Lipinski definition) is 1. The molecule has 2 nitrogen and oxygen atoms in total. The summed E-state index contributed by atoms with van der Waals surface area (Å²) in [6, 6.07) is 5.38. The Hall–Kier alpha value is -0.640. The zero-order chi connectivity index (χ0) is 14.4. The van der Waals surface area contributed by atoms with Crippen LogP contribution in [-0.2, 0) is 11.2 Å². The monoisotopic (exact) mass is 299 g/mol. The Labute approximate surface area is 125 Å². The molecule has 1 aliphatic rings. The van der Waals surface area contributed by atoms with E-state index in [1.807, 2.05) is 6.07 Å². The number of halogens is 2. The first-order valence-electron chi connectivity index (χ1n) is 7.45. The molecule has 0 amide bonds. The first-order chi connectivity index (χ1) is 9.70. The lowest BCUT2D eigenvalue weighted by molar-refractivity contribution is 0.0393. The summed E-state index contributed by atoms with van der Waals surface area (Å²) in [4.78, 5) is 0. The highest BCUT2D eigenvalue weighted by atomic mass is 35.5. The lowest BCUT2D eigenvalue weighted by Gasteiger charge is -2.31. The van der Waals surface area contributed by atoms with Crippen molar-refractivity contribution in [3.63, 3.8) is 0 Å². The van der Waals surface area contributed by atoms with Crippen LogP contribution in [-0.4, -0.2) is 25.8 Å². The minimum absolute atomic E-state index is 0.205. The zero-order valence-electron chi connectivity index (χ0n) is 12.0. The van der Waals surface area contributed by atoms with Gasteiger partial charge in [0.2, 0.25) is 0 Å². The minimum Gasteiger partial charge on any atom is -0.381 e. The van der Waals surface area contributed by atoms with Gasteiger partial charge in [-0.1, -0.05) is 24.6 Å². The quantitative estimate of drug-likeness (QED) is 0.862. The van der Waals surface area contributed by atoms with Crippen LogP contribution >= 0.6 is 11.6 Å². The van der Waals surface area contributed by atoms with Crippen LogP contribution in [0, 0.1) is 11.7 Å². The molecule has 2 atom stereocenters. The first-order valence-corrected chi connectivity index (χ1v) is 7.83. The van der Waals surface area contributed by atoms with E-state index >= 15 is 0 Å². The van der Waals surface area contributed by atoms with E-state index < -0.39 is 0 Å². The Morgan fingerprint density at radius 1 is 1.50 bits per heavy atom. The van der Waals surface area contributed by atoms with Crippen LogP contribution in [0.4, 0.5) is 4.39 Å². The summed E-state index contributed by atoms with van der Waals surface area (Å²) in [5.41, 5.74) is 1.08. The van der Waals surface area contributed by atoms with Crippen molar-refractivity contribution < 1.29 is 9.13 Å².